The Balaban J connectivity index is 1.88. The second kappa shape index (κ2) is 5.25. The van der Waals surface area contributed by atoms with Gasteiger partial charge in [-0.05, 0) is 44.1 Å². The summed E-state index contributed by atoms with van der Waals surface area (Å²) in [5.74, 6) is 0. The third-order valence-corrected chi connectivity index (χ3v) is 5.04. The Morgan fingerprint density at radius 3 is 2.29 bits per heavy atom. The first-order chi connectivity index (χ1) is 8.11. The molecule has 2 saturated heterocycles. The predicted molar refractivity (Wildman–Crippen MR) is 71.0 cm³/mol. The van der Waals surface area contributed by atoms with E-state index in [9.17, 15) is 0 Å². The minimum Gasteiger partial charge on any atom is -0.381 e. The van der Waals surface area contributed by atoms with E-state index in [0.717, 1.165) is 32.6 Å². The fourth-order valence-corrected chi connectivity index (χ4v) is 3.37. The van der Waals surface area contributed by atoms with Crippen molar-refractivity contribution >= 4 is 0 Å². The van der Waals surface area contributed by atoms with Crippen molar-refractivity contribution in [3.05, 3.63) is 0 Å². The van der Waals surface area contributed by atoms with Crippen molar-refractivity contribution in [2.45, 2.75) is 51.5 Å². The van der Waals surface area contributed by atoms with Gasteiger partial charge in [-0.15, -0.1) is 0 Å². The van der Waals surface area contributed by atoms with Crippen LogP contribution in [0.1, 0.15) is 46.0 Å². The lowest BCUT2D eigenvalue weighted by atomic mass is 9.82. The van der Waals surface area contributed by atoms with Gasteiger partial charge in [-0.25, -0.2) is 0 Å². The molecule has 100 valence electrons. The second-order valence-electron chi connectivity index (χ2n) is 6.14. The molecule has 2 aliphatic rings. The molecule has 0 spiro atoms. The summed E-state index contributed by atoms with van der Waals surface area (Å²) in [6.45, 7) is 9.91. The Hall–Kier alpha value is -0.120. The Morgan fingerprint density at radius 1 is 1.12 bits per heavy atom. The first kappa shape index (κ1) is 13.3. The molecule has 0 aliphatic carbocycles. The van der Waals surface area contributed by atoms with Crippen molar-refractivity contribution in [1.82, 2.24) is 4.90 Å². The van der Waals surface area contributed by atoms with E-state index < -0.39 is 0 Å². The number of nitrogens with zero attached hydrogens (tertiary/aromatic N) is 1. The summed E-state index contributed by atoms with van der Waals surface area (Å²) in [5, 5.41) is 0. The van der Waals surface area contributed by atoms with Crippen LogP contribution >= 0.6 is 0 Å². The average Bonchev–Trinajstić information content (AvgIpc) is 2.73. The third kappa shape index (κ3) is 3.01. The van der Waals surface area contributed by atoms with Crippen LogP contribution in [-0.4, -0.2) is 43.3 Å². The summed E-state index contributed by atoms with van der Waals surface area (Å²) in [5.41, 5.74) is 7.07. The van der Waals surface area contributed by atoms with Gasteiger partial charge in [0.25, 0.3) is 0 Å². The van der Waals surface area contributed by atoms with Gasteiger partial charge in [0, 0.05) is 31.8 Å². The molecule has 0 radical (unpaired) electrons. The minimum absolute atomic E-state index is 0.00973. The van der Waals surface area contributed by atoms with Crippen molar-refractivity contribution in [2.75, 3.05) is 32.8 Å². The second-order valence-corrected chi connectivity index (χ2v) is 6.14. The van der Waals surface area contributed by atoms with E-state index in [1.54, 1.807) is 0 Å². The van der Waals surface area contributed by atoms with Crippen LogP contribution in [0.2, 0.25) is 0 Å². The highest BCUT2D eigenvalue weighted by Gasteiger charge is 2.38. The molecule has 0 atom stereocenters. The van der Waals surface area contributed by atoms with E-state index in [2.05, 4.69) is 18.7 Å². The van der Waals surface area contributed by atoms with Crippen LogP contribution < -0.4 is 5.73 Å². The number of nitrogens with two attached hydrogens (primary N) is 1. The van der Waals surface area contributed by atoms with Crippen LogP contribution in [0, 0.1) is 5.41 Å². The zero-order valence-electron chi connectivity index (χ0n) is 11.5. The Morgan fingerprint density at radius 2 is 1.76 bits per heavy atom. The fraction of sp³-hybridized carbons (Fsp3) is 1.00. The first-order valence-corrected chi connectivity index (χ1v) is 7.20. The molecule has 17 heavy (non-hydrogen) atoms. The molecule has 2 fully saturated rings. The number of ether oxygens (including phenoxy) is 1. The van der Waals surface area contributed by atoms with Gasteiger partial charge in [0.15, 0.2) is 0 Å². The molecule has 0 amide bonds. The zero-order chi connectivity index (χ0) is 12.4. The van der Waals surface area contributed by atoms with Crippen molar-refractivity contribution in [3.8, 4) is 0 Å². The highest BCUT2D eigenvalue weighted by Crippen LogP contribution is 2.37. The maximum atomic E-state index is 6.49. The summed E-state index contributed by atoms with van der Waals surface area (Å²) in [4.78, 5) is 2.60. The fourth-order valence-electron chi connectivity index (χ4n) is 3.37. The van der Waals surface area contributed by atoms with E-state index in [0.29, 0.717) is 5.41 Å². The lowest BCUT2D eigenvalue weighted by Crippen LogP contribution is -2.53. The van der Waals surface area contributed by atoms with Gasteiger partial charge >= 0.3 is 0 Å². The Labute approximate surface area is 106 Å². The van der Waals surface area contributed by atoms with Crippen LogP contribution in [0.5, 0.6) is 0 Å². The normalized spacial score (nSPS) is 28.4. The van der Waals surface area contributed by atoms with Gasteiger partial charge in [-0.3, -0.25) is 0 Å². The van der Waals surface area contributed by atoms with E-state index >= 15 is 0 Å². The van der Waals surface area contributed by atoms with E-state index in [1.165, 1.54) is 32.4 Å². The van der Waals surface area contributed by atoms with Crippen LogP contribution in [0.3, 0.4) is 0 Å². The number of hydrogen-bond donors (Lipinski definition) is 1. The Kier molecular flexibility index (Phi) is 4.11. The van der Waals surface area contributed by atoms with Crippen molar-refractivity contribution < 1.29 is 4.74 Å². The Bertz CT molecular complexity index is 245. The quantitative estimate of drug-likeness (QED) is 0.817. The van der Waals surface area contributed by atoms with Gasteiger partial charge in [0.2, 0.25) is 0 Å². The molecule has 2 aliphatic heterocycles. The topological polar surface area (TPSA) is 38.5 Å². The van der Waals surface area contributed by atoms with Crippen molar-refractivity contribution in [1.29, 1.82) is 0 Å². The van der Waals surface area contributed by atoms with Gasteiger partial charge in [0.05, 0.1) is 0 Å². The smallest absolute Gasteiger partial charge is 0.0484 e. The van der Waals surface area contributed by atoms with E-state index in [1.807, 2.05) is 0 Å². The summed E-state index contributed by atoms with van der Waals surface area (Å²) >= 11 is 0. The van der Waals surface area contributed by atoms with Crippen LogP contribution in [0.4, 0.5) is 0 Å². The molecule has 0 bridgehead atoms. The molecule has 3 heteroatoms. The average molecular weight is 240 g/mol. The van der Waals surface area contributed by atoms with Crippen LogP contribution in [0.25, 0.3) is 0 Å². The van der Waals surface area contributed by atoms with E-state index in [4.69, 9.17) is 10.5 Å². The molecule has 2 rings (SSSR count). The molecular weight excluding hydrogens is 212 g/mol. The molecule has 0 aromatic rings. The van der Waals surface area contributed by atoms with Gasteiger partial charge in [0.1, 0.15) is 0 Å². The third-order valence-electron chi connectivity index (χ3n) is 5.04. The van der Waals surface area contributed by atoms with E-state index in [-0.39, 0.29) is 5.54 Å². The molecule has 0 aromatic carbocycles. The summed E-state index contributed by atoms with van der Waals surface area (Å²) in [6.07, 6.45) is 6.01. The van der Waals surface area contributed by atoms with Crippen LogP contribution in [0.15, 0.2) is 0 Å². The maximum absolute atomic E-state index is 6.49. The molecule has 0 unspecified atom stereocenters. The summed E-state index contributed by atoms with van der Waals surface area (Å²) in [7, 11) is 0. The van der Waals surface area contributed by atoms with Gasteiger partial charge < -0.3 is 15.4 Å². The largest absolute Gasteiger partial charge is 0.381 e. The molecule has 0 aromatic heterocycles. The summed E-state index contributed by atoms with van der Waals surface area (Å²) < 4.78 is 5.41. The minimum atomic E-state index is 0.00973. The van der Waals surface area contributed by atoms with Gasteiger partial charge in [-0.2, -0.15) is 0 Å². The number of likely N-dealkylation sites (tertiary alicyclic amines) is 1. The zero-order valence-corrected chi connectivity index (χ0v) is 11.5. The molecule has 3 nitrogen and oxygen atoms in total. The van der Waals surface area contributed by atoms with Crippen molar-refractivity contribution in [2.24, 2.45) is 11.1 Å². The SMILES string of the molecule is CCC1(CC)CCN(CC2(N)CCOCC2)C1. The van der Waals surface area contributed by atoms with Crippen LogP contribution in [-0.2, 0) is 4.74 Å². The lowest BCUT2D eigenvalue weighted by molar-refractivity contribution is 0.0391. The molecule has 2 N–H and O–H groups in total. The van der Waals surface area contributed by atoms with Gasteiger partial charge in [-0.1, -0.05) is 13.8 Å². The standard InChI is InChI=1S/C14H28N2O/c1-3-13(4-2)5-8-16(11-13)12-14(15)6-9-17-10-7-14/h3-12,15H2,1-2H3. The number of rotatable bonds is 4. The highest BCUT2D eigenvalue weighted by atomic mass is 16.5. The molecular formula is C14H28N2O. The maximum Gasteiger partial charge on any atom is 0.0484 e. The first-order valence-electron chi connectivity index (χ1n) is 7.20. The predicted octanol–water partition coefficient (Wildman–Crippen LogP) is 2.01. The molecule has 2 heterocycles. The summed E-state index contributed by atoms with van der Waals surface area (Å²) in [6, 6.07) is 0. The lowest BCUT2D eigenvalue weighted by Gasteiger charge is -2.37. The number of hydrogen-bond acceptors (Lipinski definition) is 3. The molecule has 0 saturated carbocycles. The van der Waals surface area contributed by atoms with Crippen molar-refractivity contribution in [3.63, 3.8) is 0 Å². The highest BCUT2D eigenvalue weighted by molar-refractivity contribution is 4.95. The monoisotopic (exact) mass is 240 g/mol.